The number of carboxylic acids is 1. The van der Waals surface area contributed by atoms with Gasteiger partial charge in [-0.05, 0) is 18.1 Å². The van der Waals surface area contributed by atoms with Crippen molar-refractivity contribution in [3.8, 4) is 0 Å². The maximum atomic E-state index is 12.1. The highest BCUT2D eigenvalue weighted by molar-refractivity contribution is 5.96. The molecule has 0 fully saturated rings. The second-order valence-electron chi connectivity index (χ2n) is 4.69. The molecule has 0 saturated heterocycles. The molecule has 0 saturated carbocycles. The third kappa shape index (κ3) is 2.76. The van der Waals surface area contributed by atoms with Crippen molar-refractivity contribution in [3.05, 3.63) is 30.2 Å². The molecule has 2 atom stereocenters. The van der Waals surface area contributed by atoms with Gasteiger partial charge >= 0.3 is 5.97 Å². The topological polar surface area (TPSA) is 96.6 Å². The van der Waals surface area contributed by atoms with Crippen molar-refractivity contribution < 1.29 is 14.7 Å². The van der Waals surface area contributed by atoms with Crippen LogP contribution in [0.5, 0.6) is 0 Å². The van der Waals surface area contributed by atoms with E-state index >= 15 is 0 Å². The van der Waals surface area contributed by atoms with Gasteiger partial charge in [0.25, 0.3) is 5.91 Å². The summed E-state index contributed by atoms with van der Waals surface area (Å²) in [6, 6.07) is 2.35. The molecule has 2 rings (SSSR count). The first-order chi connectivity index (χ1) is 9.52. The number of fused-ring (bicyclic) bond motifs is 1. The molecule has 2 aromatic rings. The zero-order valence-corrected chi connectivity index (χ0v) is 11.3. The summed E-state index contributed by atoms with van der Waals surface area (Å²) in [5, 5.41) is 19.3. The SMILES string of the molecule is CC[C@H](C)[C@H](NC(=O)c1ccc2nncn2c1)C(=O)O. The van der Waals surface area contributed by atoms with E-state index in [1.54, 1.807) is 29.7 Å². The molecule has 0 radical (unpaired) electrons. The molecule has 2 heterocycles. The average Bonchev–Trinajstić information content (AvgIpc) is 2.90. The van der Waals surface area contributed by atoms with E-state index in [0.29, 0.717) is 17.6 Å². The molecule has 0 aliphatic heterocycles. The molecule has 106 valence electrons. The quantitative estimate of drug-likeness (QED) is 0.847. The first-order valence-corrected chi connectivity index (χ1v) is 6.36. The Morgan fingerprint density at radius 2 is 2.20 bits per heavy atom. The number of hydrogen-bond donors (Lipinski definition) is 2. The molecule has 2 N–H and O–H groups in total. The van der Waals surface area contributed by atoms with Crippen LogP contribution < -0.4 is 5.32 Å². The fraction of sp³-hybridized carbons (Fsp3) is 0.385. The Morgan fingerprint density at radius 1 is 1.45 bits per heavy atom. The Kier molecular flexibility index (Phi) is 3.97. The van der Waals surface area contributed by atoms with Crippen molar-refractivity contribution in [2.45, 2.75) is 26.3 Å². The Balaban J connectivity index is 2.19. The van der Waals surface area contributed by atoms with E-state index in [-0.39, 0.29) is 5.92 Å². The number of aromatic nitrogens is 3. The van der Waals surface area contributed by atoms with Gasteiger partial charge in [0.15, 0.2) is 5.65 Å². The predicted octanol–water partition coefficient (Wildman–Crippen LogP) is 0.958. The standard InChI is InChI=1S/C13H16N4O3/c1-3-8(2)11(13(19)20)15-12(18)9-4-5-10-16-14-7-17(10)6-9/h4-8,11H,3H2,1-2H3,(H,15,18)(H,19,20)/t8-,11-/m0/s1. The van der Waals surface area contributed by atoms with Gasteiger partial charge < -0.3 is 10.4 Å². The maximum Gasteiger partial charge on any atom is 0.326 e. The minimum atomic E-state index is -1.03. The summed E-state index contributed by atoms with van der Waals surface area (Å²) in [7, 11) is 0. The molecule has 0 unspecified atom stereocenters. The molecule has 2 aromatic heterocycles. The summed E-state index contributed by atoms with van der Waals surface area (Å²) in [4.78, 5) is 23.3. The smallest absolute Gasteiger partial charge is 0.326 e. The van der Waals surface area contributed by atoms with E-state index in [9.17, 15) is 9.59 Å². The molecule has 0 bridgehead atoms. The van der Waals surface area contributed by atoms with Gasteiger partial charge in [-0.2, -0.15) is 0 Å². The van der Waals surface area contributed by atoms with Gasteiger partial charge in [0.2, 0.25) is 0 Å². The molecule has 0 spiro atoms. The van der Waals surface area contributed by atoms with Crippen LogP contribution in [-0.4, -0.2) is 37.6 Å². The lowest BCUT2D eigenvalue weighted by Crippen LogP contribution is -2.45. The molecule has 1 amide bonds. The van der Waals surface area contributed by atoms with Crippen LogP contribution in [0.25, 0.3) is 5.65 Å². The maximum absolute atomic E-state index is 12.1. The number of amides is 1. The lowest BCUT2D eigenvalue weighted by Gasteiger charge is -2.20. The van der Waals surface area contributed by atoms with Gasteiger partial charge in [-0.3, -0.25) is 9.20 Å². The summed E-state index contributed by atoms with van der Waals surface area (Å²) in [5.74, 6) is -1.60. The summed E-state index contributed by atoms with van der Waals surface area (Å²) in [5.41, 5.74) is 0.991. The van der Waals surface area contributed by atoms with Gasteiger partial charge in [0, 0.05) is 6.20 Å². The van der Waals surface area contributed by atoms with Gasteiger partial charge in [0.1, 0.15) is 12.4 Å². The zero-order chi connectivity index (χ0) is 14.7. The fourth-order valence-corrected chi connectivity index (χ4v) is 1.87. The van der Waals surface area contributed by atoms with E-state index in [4.69, 9.17) is 5.11 Å². The number of nitrogens with zero attached hydrogens (tertiary/aromatic N) is 3. The number of pyridine rings is 1. The van der Waals surface area contributed by atoms with E-state index < -0.39 is 17.9 Å². The van der Waals surface area contributed by atoms with Gasteiger partial charge in [-0.25, -0.2) is 4.79 Å². The molecule has 7 nitrogen and oxygen atoms in total. The second kappa shape index (κ2) is 5.68. The molecular weight excluding hydrogens is 260 g/mol. The number of rotatable bonds is 5. The third-order valence-corrected chi connectivity index (χ3v) is 3.32. The van der Waals surface area contributed by atoms with Crippen molar-refractivity contribution in [3.63, 3.8) is 0 Å². The minimum Gasteiger partial charge on any atom is -0.480 e. The van der Waals surface area contributed by atoms with Crippen LogP contribution in [0.1, 0.15) is 30.6 Å². The normalized spacial score (nSPS) is 13.9. The minimum absolute atomic E-state index is 0.143. The number of nitrogens with one attached hydrogen (secondary N) is 1. The van der Waals surface area contributed by atoms with E-state index in [2.05, 4.69) is 15.5 Å². The van der Waals surface area contributed by atoms with Crippen LogP contribution in [0.15, 0.2) is 24.7 Å². The summed E-state index contributed by atoms with van der Waals surface area (Å²) in [6.07, 6.45) is 3.72. The van der Waals surface area contributed by atoms with Gasteiger partial charge in [-0.15, -0.1) is 10.2 Å². The van der Waals surface area contributed by atoms with Crippen LogP contribution in [0, 0.1) is 5.92 Å². The van der Waals surface area contributed by atoms with Crippen LogP contribution in [-0.2, 0) is 4.79 Å². The fourth-order valence-electron chi connectivity index (χ4n) is 1.87. The van der Waals surface area contributed by atoms with Gasteiger partial charge in [-0.1, -0.05) is 20.3 Å². The monoisotopic (exact) mass is 276 g/mol. The molecule has 0 aromatic carbocycles. The van der Waals surface area contributed by atoms with Crippen LogP contribution in [0.2, 0.25) is 0 Å². The number of carbonyl (C=O) groups is 2. The lowest BCUT2D eigenvalue weighted by molar-refractivity contribution is -0.140. The van der Waals surface area contributed by atoms with Crippen molar-refractivity contribution in [2.75, 3.05) is 0 Å². The molecule has 0 aliphatic rings. The summed E-state index contributed by atoms with van der Waals surface area (Å²) < 4.78 is 1.61. The Hall–Kier alpha value is -2.44. The number of hydrogen-bond acceptors (Lipinski definition) is 4. The predicted molar refractivity (Wildman–Crippen MR) is 71.3 cm³/mol. The van der Waals surface area contributed by atoms with Crippen LogP contribution in [0.3, 0.4) is 0 Å². The van der Waals surface area contributed by atoms with Crippen molar-refractivity contribution in [1.82, 2.24) is 19.9 Å². The Morgan fingerprint density at radius 3 is 2.85 bits per heavy atom. The van der Waals surface area contributed by atoms with Crippen LogP contribution in [0.4, 0.5) is 0 Å². The highest BCUT2D eigenvalue weighted by atomic mass is 16.4. The zero-order valence-electron chi connectivity index (χ0n) is 11.3. The summed E-state index contributed by atoms with van der Waals surface area (Å²) >= 11 is 0. The van der Waals surface area contributed by atoms with Crippen LogP contribution >= 0.6 is 0 Å². The average molecular weight is 276 g/mol. The van der Waals surface area contributed by atoms with Crippen molar-refractivity contribution in [2.24, 2.45) is 5.92 Å². The number of aliphatic carboxylic acids is 1. The molecule has 7 heteroatoms. The second-order valence-corrected chi connectivity index (χ2v) is 4.69. The molecule has 0 aliphatic carbocycles. The Bertz CT molecular complexity index is 637. The number of carbonyl (C=O) groups excluding carboxylic acids is 1. The first-order valence-electron chi connectivity index (χ1n) is 6.36. The summed E-state index contributed by atoms with van der Waals surface area (Å²) in [6.45, 7) is 3.68. The highest BCUT2D eigenvalue weighted by Gasteiger charge is 2.25. The first kappa shape index (κ1) is 14.0. The third-order valence-electron chi connectivity index (χ3n) is 3.32. The highest BCUT2D eigenvalue weighted by Crippen LogP contribution is 2.10. The van der Waals surface area contributed by atoms with Crippen molar-refractivity contribution >= 4 is 17.5 Å². The largest absolute Gasteiger partial charge is 0.480 e. The van der Waals surface area contributed by atoms with E-state index in [1.807, 2.05) is 6.92 Å². The van der Waals surface area contributed by atoms with Crippen molar-refractivity contribution in [1.29, 1.82) is 0 Å². The van der Waals surface area contributed by atoms with Gasteiger partial charge in [0.05, 0.1) is 5.56 Å². The molecule has 20 heavy (non-hydrogen) atoms. The molecular formula is C13H16N4O3. The van der Waals surface area contributed by atoms with E-state index in [0.717, 1.165) is 0 Å². The Labute approximate surface area is 115 Å². The number of carboxylic acid groups (broad SMARTS) is 1. The lowest BCUT2D eigenvalue weighted by atomic mass is 9.99. The van der Waals surface area contributed by atoms with E-state index in [1.165, 1.54) is 6.33 Å².